The van der Waals surface area contributed by atoms with Gasteiger partial charge in [-0.05, 0) is 5.53 Å². The second-order valence-corrected chi connectivity index (χ2v) is 7.26. The maximum Gasteiger partial charge on any atom is 0.280 e. The summed E-state index contributed by atoms with van der Waals surface area (Å²) in [6.45, 7) is -1.31. The first-order valence-corrected chi connectivity index (χ1v) is 9.54. The minimum absolute atomic E-state index is 0.0000502. The topological polar surface area (TPSA) is 247 Å². The Labute approximate surface area is 161 Å². The lowest BCUT2D eigenvalue weighted by molar-refractivity contribution is -0.228. The van der Waals surface area contributed by atoms with E-state index < -0.39 is 51.1 Å². The molecular formula is C12H16N8O8P-. The number of phosphoric ester groups is 1. The SMILES string of the molecule is [N-]=[N+]=NCCOP(=O)([O-])OC[C@H]1O[C@@H](n2cnc3c(=O)[nH]c(N)nc32)[C@@H](O)C1O. The van der Waals surface area contributed by atoms with Crippen molar-refractivity contribution >= 4 is 24.9 Å². The smallest absolute Gasteiger partial charge is 0.280 e. The Morgan fingerprint density at radius 2 is 2.24 bits per heavy atom. The van der Waals surface area contributed by atoms with Gasteiger partial charge in [-0.2, -0.15) is 4.98 Å². The summed E-state index contributed by atoms with van der Waals surface area (Å²) < 4.78 is 27.4. The van der Waals surface area contributed by atoms with Gasteiger partial charge in [-0.25, -0.2) is 4.98 Å². The zero-order valence-electron chi connectivity index (χ0n) is 14.6. The minimum atomic E-state index is -4.76. The summed E-state index contributed by atoms with van der Waals surface area (Å²) in [5, 5.41) is 23.5. The number of H-pyrrole nitrogens is 1. The van der Waals surface area contributed by atoms with Crippen molar-refractivity contribution < 1.29 is 33.5 Å². The molecule has 2 aromatic heterocycles. The molecular weight excluding hydrogens is 415 g/mol. The molecule has 1 fully saturated rings. The summed E-state index contributed by atoms with van der Waals surface area (Å²) in [6.07, 6.45) is -4.38. The quantitative estimate of drug-likeness (QED) is 0.118. The largest absolute Gasteiger partial charge is 0.756 e. The average molecular weight is 431 g/mol. The normalized spacial score (nSPS) is 26.3. The van der Waals surface area contributed by atoms with Gasteiger partial charge < -0.3 is 34.6 Å². The van der Waals surface area contributed by atoms with Gasteiger partial charge in [-0.15, -0.1) is 0 Å². The highest BCUT2D eigenvalue weighted by atomic mass is 31.2. The van der Waals surface area contributed by atoms with Gasteiger partial charge in [0.15, 0.2) is 17.4 Å². The van der Waals surface area contributed by atoms with Crippen LogP contribution < -0.4 is 16.2 Å². The van der Waals surface area contributed by atoms with Gasteiger partial charge in [-0.3, -0.25) is 18.9 Å². The van der Waals surface area contributed by atoms with Crippen LogP contribution in [0.3, 0.4) is 0 Å². The third-order valence-electron chi connectivity index (χ3n) is 3.96. The number of hydrogen-bond donors (Lipinski definition) is 4. The van der Waals surface area contributed by atoms with Crippen molar-refractivity contribution in [3.05, 3.63) is 27.1 Å². The number of aliphatic hydroxyl groups excluding tert-OH is 2. The van der Waals surface area contributed by atoms with Crippen LogP contribution in [0.4, 0.5) is 5.95 Å². The standard InChI is InChI=1S/C12H17N8O8P/c13-12-17-9-6(10(23)18-12)15-4-20(9)11-8(22)7(21)5(28-11)3-27-29(24,25)26-2-1-16-19-14/h4-5,7-8,11,21-22H,1-3H2,(H,24,25)(H3,13,17,18,23)/p-1/t5-,7?,8+,11-/m1/s1. The van der Waals surface area contributed by atoms with Crippen LogP contribution in [0.2, 0.25) is 0 Å². The van der Waals surface area contributed by atoms with Gasteiger partial charge in [0, 0.05) is 11.5 Å². The second kappa shape index (κ2) is 8.44. The Hall–Kier alpha value is -2.55. The van der Waals surface area contributed by atoms with Gasteiger partial charge in [0.25, 0.3) is 13.4 Å². The van der Waals surface area contributed by atoms with E-state index in [-0.39, 0.29) is 23.7 Å². The highest BCUT2D eigenvalue weighted by molar-refractivity contribution is 7.45. The number of aromatic amines is 1. The summed E-state index contributed by atoms with van der Waals surface area (Å²) in [4.78, 5) is 36.0. The van der Waals surface area contributed by atoms with Gasteiger partial charge in [0.05, 0.1) is 19.5 Å². The molecule has 29 heavy (non-hydrogen) atoms. The molecule has 3 heterocycles. The van der Waals surface area contributed by atoms with E-state index in [4.69, 9.17) is 16.0 Å². The number of nitrogen functional groups attached to an aromatic ring is 1. The van der Waals surface area contributed by atoms with Crippen LogP contribution in [0.5, 0.6) is 0 Å². The first-order chi connectivity index (χ1) is 13.7. The molecule has 0 saturated carbocycles. The molecule has 0 radical (unpaired) electrons. The lowest BCUT2D eigenvalue weighted by atomic mass is 10.1. The molecule has 2 aromatic rings. The molecule has 3 rings (SSSR count). The molecule has 0 bridgehead atoms. The van der Waals surface area contributed by atoms with Crippen molar-refractivity contribution in [2.24, 2.45) is 5.11 Å². The lowest BCUT2D eigenvalue weighted by Crippen LogP contribution is -2.34. The molecule has 1 saturated heterocycles. The first kappa shape index (κ1) is 21.2. The van der Waals surface area contributed by atoms with Gasteiger partial charge >= 0.3 is 0 Å². The minimum Gasteiger partial charge on any atom is -0.756 e. The van der Waals surface area contributed by atoms with Crippen LogP contribution in [0.25, 0.3) is 21.6 Å². The van der Waals surface area contributed by atoms with Crippen molar-refractivity contribution in [2.75, 3.05) is 25.5 Å². The first-order valence-electron chi connectivity index (χ1n) is 8.08. The fourth-order valence-electron chi connectivity index (χ4n) is 2.67. The van der Waals surface area contributed by atoms with Crippen LogP contribution in [0.15, 0.2) is 16.2 Å². The van der Waals surface area contributed by atoms with E-state index in [9.17, 15) is 24.5 Å². The van der Waals surface area contributed by atoms with E-state index in [2.05, 4.69) is 34.0 Å². The molecule has 17 heteroatoms. The molecule has 0 aliphatic carbocycles. The summed E-state index contributed by atoms with van der Waals surface area (Å²) in [5.41, 5.74) is 12.9. The fourth-order valence-corrected chi connectivity index (χ4v) is 3.38. The Balaban J connectivity index is 1.70. The summed E-state index contributed by atoms with van der Waals surface area (Å²) in [5.74, 6) is -0.192. The van der Waals surface area contributed by atoms with Crippen molar-refractivity contribution in [1.29, 1.82) is 0 Å². The van der Waals surface area contributed by atoms with E-state index in [0.717, 1.165) is 6.33 Å². The van der Waals surface area contributed by atoms with Crippen LogP contribution in [0, 0.1) is 0 Å². The monoisotopic (exact) mass is 431 g/mol. The zero-order valence-corrected chi connectivity index (χ0v) is 15.5. The average Bonchev–Trinajstić information content (AvgIpc) is 3.19. The Bertz CT molecular complexity index is 1030. The third kappa shape index (κ3) is 4.55. The van der Waals surface area contributed by atoms with E-state index in [1.165, 1.54) is 4.57 Å². The molecule has 5 atom stereocenters. The number of phosphoric acid groups is 1. The van der Waals surface area contributed by atoms with Gasteiger partial charge in [0.1, 0.15) is 18.3 Å². The Morgan fingerprint density at radius 3 is 2.97 bits per heavy atom. The van der Waals surface area contributed by atoms with Crippen LogP contribution in [0.1, 0.15) is 6.23 Å². The van der Waals surface area contributed by atoms with Crippen molar-refractivity contribution in [3.8, 4) is 0 Å². The summed E-state index contributed by atoms with van der Waals surface area (Å²) in [7, 11) is -4.76. The van der Waals surface area contributed by atoms with E-state index >= 15 is 0 Å². The van der Waals surface area contributed by atoms with Crippen molar-refractivity contribution in [1.82, 2.24) is 19.5 Å². The number of aromatic nitrogens is 4. The van der Waals surface area contributed by atoms with Crippen molar-refractivity contribution in [2.45, 2.75) is 24.5 Å². The predicted molar refractivity (Wildman–Crippen MR) is 92.0 cm³/mol. The number of nitrogens with zero attached hydrogens (tertiary/aromatic N) is 6. The number of imidazole rings is 1. The van der Waals surface area contributed by atoms with Crippen LogP contribution >= 0.6 is 7.82 Å². The molecule has 0 aromatic carbocycles. The fraction of sp³-hybridized carbons (Fsp3) is 0.583. The second-order valence-electron chi connectivity index (χ2n) is 5.85. The lowest BCUT2D eigenvalue weighted by Gasteiger charge is -2.24. The third-order valence-corrected chi connectivity index (χ3v) is 4.93. The molecule has 158 valence electrons. The van der Waals surface area contributed by atoms with Crippen LogP contribution in [-0.2, 0) is 18.3 Å². The zero-order chi connectivity index (χ0) is 21.2. The number of nitrogens with one attached hydrogen (secondary N) is 1. The highest BCUT2D eigenvalue weighted by Gasteiger charge is 2.45. The molecule has 2 unspecified atom stereocenters. The molecule has 0 amide bonds. The summed E-state index contributed by atoms with van der Waals surface area (Å²) in [6, 6.07) is 0. The number of azide groups is 1. The molecule has 0 spiro atoms. The highest BCUT2D eigenvalue weighted by Crippen LogP contribution is 2.40. The maximum atomic E-state index is 11.8. The summed E-state index contributed by atoms with van der Waals surface area (Å²) >= 11 is 0. The van der Waals surface area contributed by atoms with E-state index in [0.29, 0.717) is 0 Å². The molecule has 16 nitrogen and oxygen atoms in total. The number of aliphatic hydroxyl groups is 2. The van der Waals surface area contributed by atoms with Gasteiger partial charge in [0.2, 0.25) is 5.95 Å². The molecule has 1 aliphatic rings. The molecule has 1 aliphatic heterocycles. The van der Waals surface area contributed by atoms with Crippen LogP contribution in [-0.4, -0.2) is 67.8 Å². The van der Waals surface area contributed by atoms with Gasteiger partial charge in [-0.1, -0.05) is 5.11 Å². The Kier molecular flexibility index (Phi) is 6.16. The number of nitrogens with two attached hydrogens (primary N) is 1. The number of hydrogen-bond acceptors (Lipinski definition) is 12. The number of anilines is 1. The molecule has 5 N–H and O–H groups in total. The van der Waals surface area contributed by atoms with Crippen molar-refractivity contribution in [3.63, 3.8) is 0 Å². The number of ether oxygens (including phenoxy) is 1. The predicted octanol–water partition coefficient (Wildman–Crippen LogP) is -1.87. The number of fused-ring (bicyclic) bond motifs is 1. The van der Waals surface area contributed by atoms with E-state index in [1.54, 1.807) is 0 Å². The Morgan fingerprint density at radius 1 is 1.48 bits per heavy atom. The number of rotatable bonds is 8. The van der Waals surface area contributed by atoms with E-state index in [1.807, 2.05) is 0 Å². The maximum absolute atomic E-state index is 11.8.